The number of aromatic nitrogens is 2. The second-order valence-electron chi connectivity index (χ2n) is 9.35. The Kier molecular flexibility index (Phi) is 6.72. The second-order valence-corrected chi connectivity index (χ2v) is 10.2. The zero-order valence-corrected chi connectivity index (χ0v) is 19.8. The van der Waals surface area contributed by atoms with Crippen LogP contribution in [0, 0.1) is 16.7 Å². The number of imidazole rings is 1. The first kappa shape index (κ1) is 23.6. The van der Waals surface area contributed by atoms with Gasteiger partial charge in [-0.2, -0.15) is 0 Å². The van der Waals surface area contributed by atoms with E-state index in [0.29, 0.717) is 35.9 Å². The van der Waals surface area contributed by atoms with Gasteiger partial charge in [0.1, 0.15) is 0 Å². The molecule has 168 valence electrons. The molecule has 1 aliphatic carbocycles. The monoisotopic (exact) mass is 465 g/mol. The lowest BCUT2D eigenvalue weighted by Gasteiger charge is -2.38. The van der Waals surface area contributed by atoms with Gasteiger partial charge < -0.3 is 15.0 Å². The van der Waals surface area contributed by atoms with Gasteiger partial charge in [0, 0.05) is 31.1 Å². The van der Waals surface area contributed by atoms with Crippen molar-refractivity contribution in [1.29, 1.82) is 0 Å². The van der Waals surface area contributed by atoms with Gasteiger partial charge in [-0.15, -0.1) is 0 Å². The molecule has 1 aliphatic rings. The molecule has 0 saturated heterocycles. The van der Waals surface area contributed by atoms with E-state index in [2.05, 4.69) is 10.3 Å². The molecule has 2 aromatic rings. The molecule has 3 rings (SSSR count). The van der Waals surface area contributed by atoms with Crippen LogP contribution >= 0.6 is 23.2 Å². The Labute approximate surface area is 193 Å². The molecule has 0 spiro atoms. The van der Waals surface area contributed by atoms with E-state index in [0.717, 1.165) is 11.3 Å². The summed E-state index contributed by atoms with van der Waals surface area (Å²) >= 11 is 12.0. The minimum absolute atomic E-state index is 0.0855. The zero-order valence-electron chi connectivity index (χ0n) is 18.3. The highest BCUT2D eigenvalue weighted by Gasteiger charge is 2.58. The predicted molar refractivity (Wildman–Crippen MR) is 121 cm³/mol. The number of carbonyl (C=O) groups is 2. The van der Waals surface area contributed by atoms with Gasteiger partial charge >= 0.3 is 5.97 Å². The smallest absolute Gasteiger partial charge is 0.309 e. The number of nitrogens with zero attached hydrogens (tertiary/aromatic N) is 2. The quantitative estimate of drug-likeness (QED) is 0.613. The molecule has 1 aromatic carbocycles. The number of carboxylic acid groups (broad SMARTS) is 1. The summed E-state index contributed by atoms with van der Waals surface area (Å²) in [6, 6.07) is 5.41. The van der Waals surface area contributed by atoms with Crippen LogP contribution in [0.4, 0.5) is 0 Å². The van der Waals surface area contributed by atoms with E-state index in [1.54, 1.807) is 19.3 Å². The molecule has 31 heavy (non-hydrogen) atoms. The van der Waals surface area contributed by atoms with Crippen molar-refractivity contribution in [3.63, 3.8) is 0 Å². The average molecular weight is 466 g/mol. The molecular weight excluding hydrogens is 437 g/mol. The van der Waals surface area contributed by atoms with Gasteiger partial charge in [0.15, 0.2) is 0 Å². The Balaban J connectivity index is 1.59. The maximum absolute atomic E-state index is 12.9. The maximum Gasteiger partial charge on any atom is 0.309 e. The SMILES string of the molecule is C[C@H](Cc1cn(Cc2ccc(Cl)c(Cl)c2)cn1)NC(=O)[C@H]1CC[C@@](C)(C(=O)O)C1(C)C. The van der Waals surface area contributed by atoms with E-state index >= 15 is 0 Å². The van der Waals surface area contributed by atoms with Crippen LogP contribution in [0.15, 0.2) is 30.7 Å². The normalized spacial score (nSPS) is 23.5. The topological polar surface area (TPSA) is 84.2 Å². The molecule has 1 saturated carbocycles. The number of amides is 1. The third kappa shape index (κ3) is 4.75. The molecule has 1 aromatic heterocycles. The molecule has 1 amide bonds. The van der Waals surface area contributed by atoms with E-state index < -0.39 is 16.8 Å². The molecule has 0 unspecified atom stereocenters. The number of hydrogen-bond donors (Lipinski definition) is 2. The molecule has 1 heterocycles. The number of carbonyl (C=O) groups excluding carboxylic acids is 1. The number of halogens is 2. The van der Waals surface area contributed by atoms with E-state index in [9.17, 15) is 14.7 Å². The molecule has 6 nitrogen and oxygen atoms in total. The summed E-state index contributed by atoms with van der Waals surface area (Å²) in [4.78, 5) is 29.2. The van der Waals surface area contributed by atoms with Gasteiger partial charge in [-0.25, -0.2) is 4.98 Å². The predicted octanol–water partition coefficient (Wildman–Crippen LogP) is 4.81. The summed E-state index contributed by atoms with van der Waals surface area (Å²) in [5.74, 6) is -1.26. The fraction of sp³-hybridized carbons (Fsp3) is 0.522. The van der Waals surface area contributed by atoms with Crippen molar-refractivity contribution in [2.75, 3.05) is 0 Å². The zero-order chi connectivity index (χ0) is 23.0. The average Bonchev–Trinajstić information content (AvgIpc) is 3.20. The minimum atomic E-state index is -0.901. The molecule has 2 N–H and O–H groups in total. The highest BCUT2D eigenvalue weighted by Crippen LogP contribution is 2.56. The van der Waals surface area contributed by atoms with Crippen molar-refractivity contribution < 1.29 is 14.7 Å². The first-order valence-electron chi connectivity index (χ1n) is 10.4. The van der Waals surface area contributed by atoms with E-state index in [4.69, 9.17) is 23.2 Å². The van der Waals surface area contributed by atoms with Crippen molar-refractivity contribution in [3.05, 3.63) is 52.0 Å². The first-order chi connectivity index (χ1) is 14.4. The van der Waals surface area contributed by atoms with Gasteiger partial charge in [-0.05, 0) is 49.8 Å². The summed E-state index contributed by atoms with van der Waals surface area (Å²) < 4.78 is 1.96. The molecule has 3 atom stereocenters. The number of carboxylic acids is 1. The number of aliphatic carboxylic acids is 1. The van der Waals surface area contributed by atoms with Crippen LogP contribution in [0.5, 0.6) is 0 Å². The highest BCUT2D eigenvalue weighted by molar-refractivity contribution is 6.42. The number of rotatable bonds is 7. The number of nitrogens with one attached hydrogen (secondary N) is 1. The lowest BCUT2D eigenvalue weighted by atomic mass is 9.65. The summed E-state index contributed by atoms with van der Waals surface area (Å²) in [6.07, 6.45) is 5.37. The third-order valence-corrected chi connectivity index (χ3v) is 7.69. The standard InChI is InChI=1S/C23H29Cl2N3O3/c1-14(27-20(29)17-7-8-23(4,21(30)31)22(17,2)3)9-16-12-28(13-26-16)11-15-5-6-18(24)19(25)10-15/h5-6,10,12-14,17H,7-9,11H2,1-4H3,(H,27,29)(H,30,31)/t14-,17-,23+/m1/s1. The summed E-state index contributed by atoms with van der Waals surface area (Å²) in [7, 11) is 0. The van der Waals surface area contributed by atoms with Gasteiger partial charge in [0.2, 0.25) is 5.91 Å². The van der Waals surface area contributed by atoms with Crippen molar-refractivity contribution in [3.8, 4) is 0 Å². The summed E-state index contributed by atoms with van der Waals surface area (Å²) in [5.41, 5.74) is 0.365. The maximum atomic E-state index is 12.9. The first-order valence-corrected chi connectivity index (χ1v) is 11.2. The second kappa shape index (κ2) is 8.83. The summed E-state index contributed by atoms with van der Waals surface area (Å²) in [6.45, 7) is 8.07. The Bertz CT molecular complexity index is 988. The van der Waals surface area contributed by atoms with Crippen molar-refractivity contribution in [2.24, 2.45) is 16.7 Å². The van der Waals surface area contributed by atoms with Crippen LogP contribution in [-0.2, 0) is 22.6 Å². The van der Waals surface area contributed by atoms with Crippen LogP contribution in [-0.4, -0.2) is 32.6 Å². The largest absolute Gasteiger partial charge is 0.481 e. The van der Waals surface area contributed by atoms with Crippen molar-refractivity contribution in [2.45, 2.75) is 59.5 Å². The van der Waals surface area contributed by atoms with Crippen LogP contribution < -0.4 is 5.32 Å². The Morgan fingerprint density at radius 2 is 2.00 bits per heavy atom. The molecule has 1 fully saturated rings. The van der Waals surface area contributed by atoms with E-state index in [1.165, 1.54) is 0 Å². The van der Waals surface area contributed by atoms with Crippen LogP contribution in [0.3, 0.4) is 0 Å². The summed E-state index contributed by atoms with van der Waals surface area (Å²) in [5, 5.41) is 13.8. The number of benzene rings is 1. The lowest BCUT2D eigenvalue weighted by molar-refractivity contribution is -0.155. The van der Waals surface area contributed by atoms with Gasteiger partial charge in [-0.3, -0.25) is 9.59 Å². The fourth-order valence-corrected chi connectivity index (χ4v) is 4.82. The van der Waals surface area contributed by atoms with Crippen LogP contribution in [0.1, 0.15) is 51.8 Å². The minimum Gasteiger partial charge on any atom is -0.481 e. The molecule has 8 heteroatoms. The fourth-order valence-electron chi connectivity index (χ4n) is 4.50. The molecule has 0 aliphatic heterocycles. The molecular formula is C23H29Cl2N3O3. The van der Waals surface area contributed by atoms with Gasteiger partial charge in [0.05, 0.1) is 27.5 Å². The Morgan fingerprint density at radius 1 is 1.29 bits per heavy atom. The van der Waals surface area contributed by atoms with Crippen LogP contribution in [0.2, 0.25) is 10.0 Å². The third-order valence-electron chi connectivity index (χ3n) is 6.95. The van der Waals surface area contributed by atoms with Crippen molar-refractivity contribution >= 4 is 35.1 Å². The lowest BCUT2D eigenvalue weighted by Crippen LogP contribution is -2.47. The van der Waals surface area contributed by atoms with E-state index in [-0.39, 0.29) is 17.9 Å². The molecule has 0 radical (unpaired) electrons. The number of hydrogen-bond acceptors (Lipinski definition) is 3. The Hall–Kier alpha value is -2.05. The Morgan fingerprint density at radius 3 is 2.61 bits per heavy atom. The van der Waals surface area contributed by atoms with Gasteiger partial charge in [-0.1, -0.05) is 43.1 Å². The van der Waals surface area contributed by atoms with Gasteiger partial charge in [0.25, 0.3) is 0 Å². The van der Waals surface area contributed by atoms with Crippen molar-refractivity contribution in [1.82, 2.24) is 14.9 Å². The van der Waals surface area contributed by atoms with E-state index in [1.807, 2.05) is 43.7 Å². The molecule has 0 bridgehead atoms. The highest BCUT2D eigenvalue weighted by atomic mass is 35.5. The van der Waals surface area contributed by atoms with Crippen LogP contribution in [0.25, 0.3) is 0 Å².